The molecule has 9 nitrogen and oxygen atoms in total. The number of ketones is 1. The summed E-state index contributed by atoms with van der Waals surface area (Å²) < 4.78 is 26.8. The summed E-state index contributed by atoms with van der Waals surface area (Å²) in [7, 11) is -1.48. The predicted molar refractivity (Wildman–Crippen MR) is 148 cm³/mol. The van der Waals surface area contributed by atoms with Gasteiger partial charge in [-0.2, -0.15) is 0 Å². The lowest BCUT2D eigenvalue weighted by Crippen LogP contribution is -2.65. The molecule has 3 aliphatic carbocycles. The van der Waals surface area contributed by atoms with Crippen molar-refractivity contribution in [3.8, 4) is 5.75 Å². The highest BCUT2D eigenvalue weighted by Gasteiger charge is 2.69. The van der Waals surface area contributed by atoms with Crippen LogP contribution in [0.2, 0.25) is 0 Å². The lowest BCUT2D eigenvalue weighted by molar-refractivity contribution is -0.198. The zero-order valence-electron chi connectivity index (χ0n) is 24.4. The molecule has 1 aromatic carbocycles. The van der Waals surface area contributed by atoms with Crippen molar-refractivity contribution in [1.29, 1.82) is 0 Å². The number of hydrogen-bond acceptors (Lipinski definition) is 7. The summed E-state index contributed by atoms with van der Waals surface area (Å²) in [6.07, 6.45) is 0.0497. The normalized spacial score (nSPS) is 38.9. The number of benzene rings is 1. The number of fused-ring (bicyclic) bond motifs is 1. The van der Waals surface area contributed by atoms with E-state index in [4.69, 9.17) is 9.39 Å². The number of carbonyl (C=O) groups is 3. The standard InChI is InChI=1S/C30H41BFNO8/c1-15-8-10-30-11-9-20(35)25(30)29(15,5)19(12-28(4,14-33-17(3)34)26(36)16(30)2)24(27(37)38)41-21-7-6-18-13-40-31(39)22(18)23(21)32/h6-7,15-16,19,24-26,36,39H,8-14H2,1-5H3,(H,33,34)(H,37,38)/t15-,16+,19+,24?,25+,26+,28+,29-,30+/m1/s1. The van der Waals surface area contributed by atoms with Crippen molar-refractivity contribution in [2.45, 2.75) is 85.5 Å². The first-order chi connectivity index (χ1) is 19.2. The quantitative estimate of drug-likeness (QED) is 0.381. The van der Waals surface area contributed by atoms with Gasteiger partial charge in [-0.05, 0) is 60.0 Å². The van der Waals surface area contributed by atoms with Crippen LogP contribution in [-0.4, -0.2) is 58.8 Å². The summed E-state index contributed by atoms with van der Waals surface area (Å²) >= 11 is 0. The second kappa shape index (κ2) is 10.3. The van der Waals surface area contributed by atoms with E-state index in [1.54, 1.807) is 6.07 Å². The van der Waals surface area contributed by atoms with Gasteiger partial charge < -0.3 is 29.9 Å². The molecule has 1 heterocycles. The van der Waals surface area contributed by atoms with Crippen LogP contribution in [0, 0.1) is 45.7 Å². The fraction of sp³-hybridized carbons (Fsp3) is 0.700. The Labute approximate surface area is 240 Å². The van der Waals surface area contributed by atoms with Gasteiger partial charge in [0.05, 0.1) is 12.7 Å². The van der Waals surface area contributed by atoms with Crippen molar-refractivity contribution in [3.63, 3.8) is 0 Å². The van der Waals surface area contributed by atoms with Crippen LogP contribution in [0.25, 0.3) is 0 Å². The Kier molecular flexibility index (Phi) is 7.56. The Hall–Kier alpha value is -2.50. The van der Waals surface area contributed by atoms with Crippen molar-refractivity contribution < 1.29 is 43.4 Å². The molecule has 0 radical (unpaired) electrons. The Balaban J connectivity index is 1.67. The first kappa shape index (κ1) is 30.0. The molecule has 41 heavy (non-hydrogen) atoms. The van der Waals surface area contributed by atoms with E-state index < -0.39 is 59.2 Å². The minimum absolute atomic E-state index is 0.0255. The summed E-state index contributed by atoms with van der Waals surface area (Å²) in [6, 6.07) is 2.89. The first-order valence-electron chi connectivity index (χ1n) is 14.6. The Morgan fingerprint density at radius 2 is 1.98 bits per heavy atom. The molecule has 1 unspecified atom stereocenters. The molecular formula is C30H41BFNO8. The maximum atomic E-state index is 15.6. The van der Waals surface area contributed by atoms with Crippen molar-refractivity contribution in [3.05, 3.63) is 23.5 Å². The van der Waals surface area contributed by atoms with E-state index in [9.17, 15) is 29.6 Å². The average Bonchev–Trinajstić information content (AvgIpc) is 3.47. The van der Waals surface area contributed by atoms with Crippen LogP contribution >= 0.6 is 0 Å². The van der Waals surface area contributed by atoms with E-state index in [0.29, 0.717) is 18.4 Å². The lowest BCUT2D eigenvalue weighted by Gasteiger charge is -2.63. The summed E-state index contributed by atoms with van der Waals surface area (Å²) in [4.78, 5) is 38.8. The van der Waals surface area contributed by atoms with Crippen molar-refractivity contribution in [2.24, 2.45) is 39.9 Å². The van der Waals surface area contributed by atoms with Crippen LogP contribution in [0.5, 0.6) is 5.75 Å². The number of aliphatic hydroxyl groups excluding tert-OH is 1. The third-order valence-corrected chi connectivity index (χ3v) is 11.5. The smallest absolute Gasteiger partial charge is 0.478 e. The minimum Gasteiger partial charge on any atom is -0.478 e. The molecule has 0 saturated heterocycles. The van der Waals surface area contributed by atoms with Gasteiger partial charge in [-0.15, -0.1) is 0 Å². The number of carbonyl (C=O) groups excluding carboxylic acids is 2. The molecule has 4 N–H and O–H groups in total. The van der Waals surface area contributed by atoms with Gasteiger partial charge >= 0.3 is 13.1 Å². The SMILES string of the molecule is CC(=O)NC[C@]1(C)C[C@@H](C(Oc2ccc3c(c2F)B(O)OC3)C(=O)O)[C@@]2(C)[C@H](C)CC[C@]3(CCC(=O)[C@H]32)[C@@H](C)[C@@H]1O. The third kappa shape index (κ3) is 4.50. The van der Waals surface area contributed by atoms with E-state index in [1.807, 2.05) is 27.7 Å². The van der Waals surface area contributed by atoms with E-state index in [0.717, 1.165) is 12.8 Å². The van der Waals surface area contributed by atoms with E-state index in [2.05, 4.69) is 5.32 Å². The highest BCUT2D eigenvalue weighted by Crippen LogP contribution is 2.69. The van der Waals surface area contributed by atoms with Crippen molar-refractivity contribution in [2.75, 3.05) is 6.54 Å². The number of rotatable bonds is 6. The van der Waals surface area contributed by atoms with Crippen LogP contribution in [0.15, 0.2) is 12.1 Å². The maximum Gasteiger partial charge on any atom is 0.494 e. The van der Waals surface area contributed by atoms with Gasteiger partial charge in [-0.1, -0.05) is 33.8 Å². The zero-order valence-corrected chi connectivity index (χ0v) is 24.4. The molecule has 9 atom stereocenters. The van der Waals surface area contributed by atoms with Gasteiger partial charge in [0.25, 0.3) is 0 Å². The van der Waals surface area contributed by atoms with Crippen LogP contribution in [0.3, 0.4) is 0 Å². The largest absolute Gasteiger partial charge is 0.494 e. The number of aliphatic carboxylic acids is 1. The molecule has 224 valence electrons. The summed E-state index contributed by atoms with van der Waals surface area (Å²) in [6.45, 7) is 9.36. The van der Waals surface area contributed by atoms with Gasteiger partial charge in [0.2, 0.25) is 5.91 Å². The highest BCUT2D eigenvalue weighted by molar-refractivity contribution is 6.61. The molecule has 11 heteroatoms. The average molecular weight is 573 g/mol. The monoisotopic (exact) mass is 573 g/mol. The molecular weight excluding hydrogens is 532 g/mol. The molecule has 0 aromatic heterocycles. The third-order valence-electron chi connectivity index (χ3n) is 11.5. The summed E-state index contributed by atoms with van der Waals surface area (Å²) in [5.41, 5.74) is -1.97. The Bertz CT molecular complexity index is 1260. The lowest BCUT2D eigenvalue weighted by atomic mass is 9.41. The molecule has 3 saturated carbocycles. The first-order valence-corrected chi connectivity index (χ1v) is 14.6. The fourth-order valence-corrected chi connectivity index (χ4v) is 9.07. The van der Waals surface area contributed by atoms with Gasteiger partial charge in [0.1, 0.15) is 5.78 Å². The van der Waals surface area contributed by atoms with Crippen molar-refractivity contribution >= 4 is 30.2 Å². The number of ether oxygens (including phenoxy) is 1. The van der Waals surface area contributed by atoms with Crippen LogP contribution in [-0.2, 0) is 25.6 Å². The van der Waals surface area contributed by atoms with E-state index in [-0.39, 0.29) is 54.3 Å². The number of nitrogens with one attached hydrogen (secondary N) is 1. The maximum absolute atomic E-state index is 15.6. The Morgan fingerprint density at radius 1 is 1.27 bits per heavy atom. The van der Waals surface area contributed by atoms with Crippen LogP contribution in [0.1, 0.15) is 72.3 Å². The van der Waals surface area contributed by atoms with E-state index in [1.165, 1.54) is 13.0 Å². The molecule has 1 aliphatic heterocycles. The highest BCUT2D eigenvalue weighted by atomic mass is 19.1. The van der Waals surface area contributed by atoms with Crippen LogP contribution < -0.4 is 15.5 Å². The van der Waals surface area contributed by atoms with Crippen LogP contribution in [0.4, 0.5) is 4.39 Å². The Morgan fingerprint density at radius 3 is 2.63 bits per heavy atom. The summed E-state index contributed by atoms with van der Waals surface area (Å²) in [5, 5.41) is 35.6. The number of aliphatic hydroxyl groups is 1. The number of Topliss-reactive ketones (excluding diaryl/α,β-unsaturated/α-hetero) is 1. The molecule has 4 aliphatic rings. The molecule has 0 spiro atoms. The number of carboxylic acid groups (broad SMARTS) is 1. The minimum atomic E-state index is -1.57. The predicted octanol–water partition coefficient (Wildman–Crippen LogP) is 2.44. The zero-order chi connectivity index (χ0) is 30.1. The number of hydrogen-bond donors (Lipinski definition) is 4. The molecule has 3 fully saturated rings. The second-order valence-electron chi connectivity index (χ2n) is 13.5. The molecule has 1 amide bonds. The van der Waals surface area contributed by atoms with Crippen molar-refractivity contribution in [1.82, 2.24) is 5.32 Å². The summed E-state index contributed by atoms with van der Waals surface area (Å²) in [5.74, 6) is -4.38. The fourth-order valence-electron chi connectivity index (χ4n) is 9.07. The number of amides is 1. The van der Waals surface area contributed by atoms with Gasteiger partial charge in [-0.25, -0.2) is 9.18 Å². The number of carboxylic acids is 1. The molecule has 5 rings (SSSR count). The number of halogens is 1. The van der Waals surface area contributed by atoms with Gasteiger partial charge in [0.15, 0.2) is 17.7 Å². The van der Waals surface area contributed by atoms with E-state index >= 15 is 4.39 Å². The topological polar surface area (TPSA) is 142 Å². The van der Waals surface area contributed by atoms with Gasteiger partial charge in [-0.3, -0.25) is 9.59 Å². The second-order valence-corrected chi connectivity index (χ2v) is 13.5. The van der Waals surface area contributed by atoms with Gasteiger partial charge in [0, 0.05) is 42.6 Å². The molecule has 2 bridgehead atoms. The molecule has 1 aromatic rings.